The van der Waals surface area contributed by atoms with Crippen LogP contribution in [0.3, 0.4) is 0 Å². The first-order valence-corrected chi connectivity index (χ1v) is 7.10. The molecule has 2 aromatic rings. The number of hydrogen-bond donors (Lipinski definition) is 1. The lowest BCUT2D eigenvalue weighted by molar-refractivity contribution is -0.131. The normalized spacial score (nSPS) is 12.3. The van der Waals surface area contributed by atoms with Crippen LogP contribution in [0.2, 0.25) is 0 Å². The van der Waals surface area contributed by atoms with Gasteiger partial charge in [0.05, 0.1) is 6.04 Å². The van der Waals surface area contributed by atoms with Crippen molar-refractivity contribution < 1.29 is 4.79 Å². The molecule has 2 N–H and O–H groups in total. The maximum absolute atomic E-state index is 12.1. The summed E-state index contributed by atoms with van der Waals surface area (Å²) in [6, 6.07) is 14.1. The van der Waals surface area contributed by atoms with Crippen molar-refractivity contribution in [3.8, 4) is 0 Å². The molecule has 0 saturated heterocycles. The van der Waals surface area contributed by atoms with E-state index in [9.17, 15) is 4.79 Å². The van der Waals surface area contributed by atoms with E-state index in [1.807, 2.05) is 26.1 Å². The molecule has 3 nitrogen and oxygen atoms in total. The first-order chi connectivity index (χ1) is 9.61. The minimum absolute atomic E-state index is 0.0139. The van der Waals surface area contributed by atoms with Gasteiger partial charge in [0.25, 0.3) is 0 Å². The van der Waals surface area contributed by atoms with Crippen LogP contribution >= 0.6 is 0 Å². The molecule has 1 amide bonds. The molecule has 0 bridgehead atoms. The Morgan fingerprint density at radius 3 is 2.60 bits per heavy atom. The summed E-state index contributed by atoms with van der Waals surface area (Å²) in [6.07, 6.45) is 1.66. The molecule has 2 aromatic carbocycles. The van der Waals surface area contributed by atoms with Crippen LogP contribution < -0.4 is 5.73 Å². The Bertz CT molecular complexity index is 594. The predicted molar refractivity (Wildman–Crippen MR) is 83.3 cm³/mol. The first-order valence-electron chi connectivity index (χ1n) is 7.10. The van der Waals surface area contributed by atoms with E-state index in [0.717, 1.165) is 18.4 Å². The maximum Gasteiger partial charge on any atom is 0.239 e. The van der Waals surface area contributed by atoms with Crippen molar-refractivity contribution in [2.45, 2.75) is 32.4 Å². The van der Waals surface area contributed by atoms with Crippen LogP contribution in [0.5, 0.6) is 0 Å². The SMILES string of the molecule is CCC[C@@H](N)C(=O)N(C)Cc1ccc2ccccc2c1. The number of rotatable bonds is 5. The van der Waals surface area contributed by atoms with Gasteiger partial charge in [0.1, 0.15) is 0 Å². The zero-order chi connectivity index (χ0) is 14.5. The van der Waals surface area contributed by atoms with E-state index in [4.69, 9.17) is 5.73 Å². The molecule has 2 rings (SSSR count). The number of nitrogens with zero attached hydrogens (tertiary/aromatic N) is 1. The van der Waals surface area contributed by atoms with Crippen molar-refractivity contribution in [1.82, 2.24) is 4.90 Å². The van der Waals surface area contributed by atoms with E-state index in [1.165, 1.54) is 10.8 Å². The van der Waals surface area contributed by atoms with Crippen LogP contribution in [0.1, 0.15) is 25.3 Å². The number of benzene rings is 2. The van der Waals surface area contributed by atoms with Crippen LogP contribution in [0, 0.1) is 0 Å². The standard InChI is InChI=1S/C17H22N2O/c1-3-6-16(18)17(20)19(2)12-13-9-10-14-7-4-5-8-15(14)11-13/h4-5,7-11,16H,3,6,12,18H2,1-2H3/t16-/m1/s1. The van der Waals surface area contributed by atoms with Crippen molar-refractivity contribution in [3.05, 3.63) is 48.0 Å². The van der Waals surface area contributed by atoms with Gasteiger partial charge in [0.15, 0.2) is 0 Å². The lowest BCUT2D eigenvalue weighted by atomic mass is 10.1. The van der Waals surface area contributed by atoms with Gasteiger partial charge in [-0.15, -0.1) is 0 Å². The van der Waals surface area contributed by atoms with Gasteiger partial charge in [-0.25, -0.2) is 0 Å². The molecule has 0 spiro atoms. The van der Waals surface area contributed by atoms with E-state index < -0.39 is 0 Å². The van der Waals surface area contributed by atoms with Crippen LogP contribution in [-0.4, -0.2) is 23.9 Å². The van der Waals surface area contributed by atoms with Gasteiger partial charge in [0, 0.05) is 13.6 Å². The van der Waals surface area contributed by atoms with Crippen molar-refractivity contribution in [3.63, 3.8) is 0 Å². The lowest BCUT2D eigenvalue weighted by Crippen LogP contribution is -2.41. The highest BCUT2D eigenvalue weighted by atomic mass is 16.2. The Balaban J connectivity index is 2.09. The smallest absolute Gasteiger partial charge is 0.239 e. The number of nitrogens with two attached hydrogens (primary N) is 1. The second-order valence-electron chi connectivity index (χ2n) is 5.27. The minimum Gasteiger partial charge on any atom is -0.340 e. The molecule has 0 aromatic heterocycles. The molecule has 0 aliphatic carbocycles. The maximum atomic E-state index is 12.1. The quantitative estimate of drug-likeness (QED) is 0.908. The fraction of sp³-hybridized carbons (Fsp3) is 0.353. The third kappa shape index (κ3) is 3.36. The van der Waals surface area contributed by atoms with E-state index in [-0.39, 0.29) is 11.9 Å². The molecule has 106 valence electrons. The molecule has 0 aliphatic rings. The average Bonchev–Trinajstić information content (AvgIpc) is 2.46. The fourth-order valence-electron chi connectivity index (χ4n) is 2.41. The highest BCUT2D eigenvalue weighted by Gasteiger charge is 2.17. The number of amides is 1. The molecule has 0 heterocycles. The Morgan fingerprint density at radius 2 is 1.90 bits per heavy atom. The highest BCUT2D eigenvalue weighted by molar-refractivity contribution is 5.84. The summed E-state index contributed by atoms with van der Waals surface area (Å²) >= 11 is 0. The highest BCUT2D eigenvalue weighted by Crippen LogP contribution is 2.16. The Morgan fingerprint density at radius 1 is 1.20 bits per heavy atom. The summed E-state index contributed by atoms with van der Waals surface area (Å²) in [6.45, 7) is 2.64. The molecule has 0 saturated carbocycles. The van der Waals surface area contributed by atoms with Gasteiger partial charge in [-0.1, -0.05) is 49.7 Å². The van der Waals surface area contributed by atoms with Crippen LogP contribution in [0.4, 0.5) is 0 Å². The Labute approximate surface area is 120 Å². The van der Waals surface area contributed by atoms with Crippen molar-refractivity contribution in [2.75, 3.05) is 7.05 Å². The lowest BCUT2D eigenvalue weighted by Gasteiger charge is -2.21. The molecule has 0 fully saturated rings. The largest absolute Gasteiger partial charge is 0.340 e. The van der Waals surface area contributed by atoms with E-state index in [1.54, 1.807) is 4.90 Å². The third-order valence-corrected chi connectivity index (χ3v) is 3.53. The van der Waals surface area contributed by atoms with Gasteiger partial charge in [-0.3, -0.25) is 4.79 Å². The Kier molecular flexibility index (Phi) is 4.74. The van der Waals surface area contributed by atoms with Gasteiger partial charge >= 0.3 is 0 Å². The summed E-state index contributed by atoms with van der Waals surface area (Å²) in [4.78, 5) is 13.8. The second-order valence-corrected chi connectivity index (χ2v) is 5.27. The topological polar surface area (TPSA) is 46.3 Å². The van der Waals surface area contributed by atoms with Crippen molar-refractivity contribution in [2.24, 2.45) is 5.73 Å². The summed E-state index contributed by atoms with van der Waals surface area (Å²) in [5.41, 5.74) is 7.01. The summed E-state index contributed by atoms with van der Waals surface area (Å²) < 4.78 is 0. The molecule has 0 radical (unpaired) electrons. The van der Waals surface area contributed by atoms with Crippen molar-refractivity contribution >= 4 is 16.7 Å². The van der Waals surface area contributed by atoms with Gasteiger partial charge < -0.3 is 10.6 Å². The number of carbonyl (C=O) groups excluding carboxylic acids is 1. The number of fused-ring (bicyclic) bond motifs is 1. The second kappa shape index (κ2) is 6.53. The van der Waals surface area contributed by atoms with E-state index >= 15 is 0 Å². The predicted octanol–water partition coefficient (Wildman–Crippen LogP) is 2.93. The molecule has 0 unspecified atom stereocenters. The Hall–Kier alpha value is -1.87. The third-order valence-electron chi connectivity index (χ3n) is 3.53. The van der Waals surface area contributed by atoms with Crippen molar-refractivity contribution in [1.29, 1.82) is 0 Å². The molecule has 20 heavy (non-hydrogen) atoms. The zero-order valence-electron chi connectivity index (χ0n) is 12.2. The first kappa shape index (κ1) is 14.5. The molecule has 3 heteroatoms. The van der Waals surface area contributed by atoms with Gasteiger partial charge in [-0.05, 0) is 28.8 Å². The van der Waals surface area contributed by atoms with Crippen LogP contribution in [0.15, 0.2) is 42.5 Å². The minimum atomic E-state index is -0.384. The van der Waals surface area contributed by atoms with E-state index in [0.29, 0.717) is 6.54 Å². The zero-order valence-corrected chi connectivity index (χ0v) is 12.2. The summed E-state index contributed by atoms with van der Waals surface area (Å²) in [5, 5.41) is 2.41. The summed E-state index contributed by atoms with van der Waals surface area (Å²) in [5.74, 6) is 0.0139. The number of hydrogen-bond acceptors (Lipinski definition) is 2. The van der Waals surface area contributed by atoms with Crippen LogP contribution in [-0.2, 0) is 11.3 Å². The van der Waals surface area contributed by atoms with Gasteiger partial charge in [0.2, 0.25) is 5.91 Å². The summed E-state index contributed by atoms with van der Waals surface area (Å²) in [7, 11) is 1.81. The molecule has 1 atom stereocenters. The average molecular weight is 270 g/mol. The van der Waals surface area contributed by atoms with Gasteiger partial charge in [-0.2, -0.15) is 0 Å². The fourth-order valence-corrected chi connectivity index (χ4v) is 2.41. The number of likely N-dealkylation sites (N-methyl/N-ethyl adjacent to an activating group) is 1. The van der Waals surface area contributed by atoms with E-state index in [2.05, 4.69) is 30.3 Å². The van der Waals surface area contributed by atoms with Crippen LogP contribution in [0.25, 0.3) is 10.8 Å². The molecular formula is C17H22N2O. The number of carbonyl (C=O) groups is 1. The monoisotopic (exact) mass is 270 g/mol. The molecule has 0 aliphatic heterocycles. The molecular weight excluding hydrogens is 248 g/mol.